The lowest BCUT2D eigenvalue weighted by Gasteiger charge is -2.25. The molecule has 136 valence electrons. The second-order valence-electron chi connectivity index (χ2n) is 6.20. The molecule has 1 aromatic heterocycles. The second-order valence-corrected chi connectivity index (χ2v) is 7.65. The Morgan fingerprint density at radius 1 is 1.15 bits per heavy atom. The minimum absolute atomic E-state index is 0.0517. The van der Waals surface area contributed by atoms with E-state index in [1.807, 2.05) is 53.4 Å². The van der Waals surface area contributed by atoms with Crippen molar-refractivity contribution in [3.63, 3.8) is 0 Å². The Labute approximate surface area is 163 Å². The van der Waals surface area contributed by atoms with Crippen LogP contribution in [0.4, 0.5) is 5.69 Å². The molecule has 0 atom stereocenters. The highest BCUT2D eigenvalue weighted by Crippen LogP contribution is 2.35. The predicted octanol–water partition coefficient (Wildman–Crippen LogP) is 2.18. The number of anilines is 1. The number of fused-ring (bicyclic) bond motifs is 2. The fourth-order valence-corrected chi connectivity index (χ4v) is 4.27. The minimum atomic E-state index is -0.0517. The van der Waals surface area contributed by atoms with Gasteiger partial charge in [0.2, 0.25) is 6.79 Å². The van der Waals surface area contributed by atoms with Crippen LogP contribution in [0.2, 0.25) is 5.02 Å². The molecule has 0 spiro atoms. The van der Waals surface area contributed by atoms with Crippen molar-refractivity contribution in [3.05, 3.63) is 72.7 Å². The average molecular weight is 400 g/mol. The van der Waals surface area contributed by atoms with Gasteiger partial charge in [0, 0.05) is 16.8 Å². The molecule has 0 N–H and O–H groups in total. The van der Waals surface area contributed by atoms with Crippen molar-refractivity contribution >= 4 is 34.7 Å². The largest absolute Gasteiger partial charge is 0.454 e. The molecule has 0 unspecified atom stereocenters. The van der Waals surface area contributed by atoms with E-state index in [1.165, 1.54) is 11.3 Å². The Morgan fingerprint density at radius 2 is 2.04 bits per heavy atom. The van der Waals surface area contributed by atoms with E-state index in [1.54, 1.807) is 4.57 Å². The van der Waals surface area contributed by atoms with Crippen LogP contribution in [-0.4, -0.2) is 18.0 Å². The number of aromatic nitrogens is 1. The maximum atomic E-state index is 12.8. The lowest BCUT2D eigenvalue weighted by Crippen LogP contribution is -2.42. The van der Waals surface area contributed by atoms with E-state index in [9.17, 15) is 4.79 Å². The monoisotopic (exact) mass is 399 g/mol. The molecule has 0 fully saturated rings. The summed E-state index contributed by atoms with van der Waals surface area (Å²) in [7, 11) is 0. The molecule has 8 heteroatoms. The molecule has 0 saturated carbocycles. The third-order valence-corrected chi connectivity index (χ3v) is 5.72. The Balaban J connectivity index is 1.50. The third-order valence-electron chi connectivity index (χ3n) is 4.44. The standard InChI is InChI=1S/C19H14ClN3O3S/c20-13-3-1-2-12(6-13)7-17-18(24)23-10-22(9-21-19(23)27-17)14-4-5-15-16(8-14)26-11-25-15/h1-8H,9-11H2/b17-7-. The number of hydrogen-bond acceptors (Lipinski definition) is 6. The molecule has 0 radical (unpaired) electrons. The summed E-state index contributed by atoms with van der Waals surface area (Å²) >= 11 is 7.43. The number of benzene rings is 2. The van der Waals surface area contributed by atoms with Crippen molar-refractivity contribution in [1.82, 2.24) is 4.57 Å². The van der Waals surface area contributed by atoms with Gasteiger partial charge in [-0.15, -0.1) is 0 Å². The van der Waals surface area contributed by atoms with Gasteiger partial charge in [0.05, 0.1) is 4.53 Å². The molecule has 0 amide bonds. The molecular formula is C19H14ClN3O3S. The molecule has 2 aliphatic rings. The van der Waals surface area contributed by atoms with Crippen molar-refractivity contribution in [1.29, 1.82) is 0 Å². The van der Waals surface area contributed by atoms with E-state index in [-0.39, 0.29) is 12.4 Å². The molecule has 0 bridgehead atoms. The Kier molecular flexibility index (Phi) is 3.91. The molecule has 2 aliphatic heterocycles. The topological polar surface area (TPSA) is 56.1 Å². The minimum Gasteiger partial charge on any atom is -0.454 e. The molecule has 5 rings (SSSR count). The van der Waals surface area contributed by atoms with E-state index >= 15 is 0 Å². The van der Waals surface area contributed by atoms with E-state index in [0.717, 1.165) is 21.8 Å². The maximum Gasteiger partial charge on any atom is 0.271 e. The molecular weight excluding hydrogens is 386 g/mol. The van der Waals surface area contributed by atoms with Crippen molar-refractivity contribution < 1.29 is 9.47 Å². The van der Waals surface area contributed by atoms with Gasteiger partial charge < -0.3 is 14.4 Å². The summed E-state index contributed by atoms with van der Waals surface area (Å²) in [5.41, 5.74) is 1.78. The first kappa shape index (κ1) is 16.4. The SMILES string of the molecule is O=c1/c(=C/c2cccc(Cl)c2)sc2n1CN(c1ccc3c(c1)OCO3)CN=2. The van der Waals surface area contributed by atoms with Gasteiger partial charge in [-0.05, 0) is 35.9 Å². The number of thiazole rings is 1. The van der Waals surface area contributed by atoms with E-state index in [0.29, 0.717) is 28.6 Å². The quantitative estimate of drug-likeness (QED) is 0.662. The lowest BCUT2D eigenvalue weighted by molar-refractivity contribution is 0.174. The van der Waals surface area contributed by atoms with Gasteiger partial charge in [0.25, 0.3) is 5.56 Å². The average Bonchev–Trinajstić information content (AvgIpc) is 3.26. The van der Waals surface area contributed by atoms with Gasteiger partial charge in [0.1, 0.15) is 13.3 Å². The van der Waals surface area contributed by atoms with Crippen molar-refractivity contribution in [3.8, 4) is 11.5 Å². The Hall–Kier alpha value is -2.77. The summed E-state index contributed by atoms with van der Waals surface area (Å²) in [6.07, 6.45) is 1.85. The summed E-state index contributed by atoms with van der Waals surface area (Å²) in [4.78, 5) is 20.2. The fraction of sp³-hybridized carbons (Fsp3) is 0.158. The molecule has 3 aromatic rings. The highest BCUT2D eigenvalue weighted by Gasteiger charge is 2.19. The van der Waals surface area contributed by atoms with E-state index in [2.05, 4.69) is 4.99 Å². The Bertz CT molecular complexity index is 1220. The third kappa shape index (κ3) is 2.98. The molecule has 0 aliphatic carbocycles. The molecule has 3 heterocycles. The number of halogens is 1. The summed E-state index contributed by atoms with van der Waals surface area (Å²) in [5.74, 6) is 1.45. The number of hydrogen-bond donors (Lipinski definition) is 0. The molecule has 27 heavy (non-hydrogen) atoms. The van der Waals surface area contributed by atoms with Gasteiger partial charge in [-0.3, -0.25) is 9.36 Å². The van der Waals surface area contributed by atoms with Crippen LogP contribution in [0.1, 0.15) is 5.56 Å². The van der Waals surface area contributed by atoms with Crippen molar-refractivity contribution in [2.75, 3.05) is 18.4 Å². The highest BCUT2D eigenvalue weighted by molar-refractivity contribution is 7.07. The maximum absolute atomic E-state index is 12.8. The van der Waals surface area contributed by atoms with Crippen LogP contribution in [-0.2, 0) is 6.67 Å². The van der Waals surface area contributed by atoms with Gasteiger partial charge in [-0.25, -0.2) is 4.99 Å². The number of rotatable bonds is 2. The first-order valence-electron chi connectivity index (χ1n) is 8.33. The summed E-state index contributed by atoms with van der Waals surface area (Å²) < 4.78 is 13.1. The zero-order chi connectivity index (χ0) is 18.4. The van der Waals surface area contributed by atoms with E-state index in [4.69, 9.17) is 21.1 Å². The first-order chi connectivity index (χ1) is 13.2. The first-order valence-corrected chi connectivity index (χ1v) is 9.53. The van der Waals surface area contributed by atoms with Crippen LogP contribution in [0.25, 0.3) is 6.08 Å². The highest BCUT2D eigenvalue weighted by atomic mass is 35.5. The zero-order valence-electron chi connectivity index (χ0n) is 14.1. The summed E-state index contributed by atoms with van der Waals surface area (Å²) in [6, 6.07) is 13.2. The number of nitrogens with zero attached hydrogens (tertiary/aromatic N) is 3. The smallest absolute Gasteiger partial charge is 0.271 e. The van der Waals surface area contributed by atoms with Gasteiger partial charge in [-0.2, -0.15) is 0 Å². The van der Waals surface area contributed by atoms with Gasteiger partial charge in [-0.1, -0.05) is 35.1 Å². The van der Waals surface area contributed by atoms with Gasteiger partial charge >= 0.3 is 0 Å². The Morgan fingerprint density at radius 3 is 2.93 bits per heavy atom. The van der Waals surface area contributed by atoms with Crippen molar-refractivity contribution in [2.45, 2.75) is 6.67 Å². The number of ether oxygens (including phenoxy) is 2. The van der Waals surface area contributed by atoms with E-state index < -0.39 is 0 Å². The van der Waals surface area contributed by atoms with Crippen molar-refractivity contribution in [2.24, 2.45) is 4.99 Å². The van der Waals surface area contributed by atoms with Crippen LogP contribution in [0, 0.1) is 0 Å². The van der Waals surface area contributed by atoms with Crippen LogP contribution in [0.5, 0.6) is 11.5 Å². The fourth-order valence-electron chi connectivity index (χ4n) is 3.10. The van der Waals surface area contributed by atoms with Crippen LogP contribution >= 0.6 is 22.9 Å². The molecule has 0 saturated heterocycles. The predicted molar refractivity (Wildman–Crippen MR) is 104 cm³/mol. The van der Waals surface area contributed by atoms with Crippen LogP contribution in [0.15, 0.2) is 52.3 Å². The lowest BCUT2D eigenvalue weighted by atomic mass is 10.2. The van der Waals surface area contributed by atoms with Gasteiger partial charge in [0.15, 0.2) is 16.3 Å². The second kappa shape index (κ2) is 6.44. The summed E-state index contributed by atoms with van der Waals surface area (Å²) in [5, 5.41) is 0.642. The summed E-state index contributed by atoms with van der Waals surface area (Å²) in [6.45, 7) is 1.16. The normalized spacial score (nSPS) is 15.6. The molecule has 2 aromatic carbocycles. The zero-order valence-corrected chi connectivity index (χ0v) is 15.7. The van der Waals surface area contributed by atoms with Crippen LogP contribution in [0.3, 0.4) is 0 Å². The molecule has 6 nitrogen and oxygen atoms in total. The van der Waals surface area contributed by atoms with Crippen LogP contribution < -0.4 is 29.3 Å².